The summed E-state index contributed by atoms with van der Waals surface area (Å²) < 4.78 is 5.47. The van der Waals surface area contributed by atoms with Crippen molar-refractivity contribution in [2.24, 2.45) is 5.92 Å². The molecule has 0 bridgehead atoms. The molecule has 5 rings (SSSR count). The fourth-order valence-corrected chi connectivity index (χ4v) is 4.82. The minimum Gasteiger partial charge on any atom is -0.512 e. The summed E-state index contributed by atoms with van der Waals surface area (Å²) >= 11 is 0. The van der Waals surface area contributed by atoms with Gasteiger partial charge >= 0.3 is 6.09 Å². The van der Waals surface area contributed by atoms with Crippen molar-refractivity contribution in [2.45, 2.75) is 32.8 Å². The lowest BCUT2D eigenvalue weighted by atomic mass is 9.93. The molecule has 2 aromatic carbocycles. The lowest BCUT2D eigenvalue weighted by molar-refractivity contribution is -0.118. The van der Waals surface area contributed by atoms with Crippen LogP contribution in [0.3, 0.4) is 0 Å². The van der Waals surface area contributed by atoms with Crippen LogP contribution in [0.1, 0.15) is 27.2 Å². The number of carbonyl (C=O) groups excluding carboxylic acids is 2. The van der Waals surface area contributed by atoms with E-state index in [1.54, 1.807) is 4.90 Å². The highest BCUT2D eigenvalue weighted by molar-refractivity contribution is 5.98. The summed E-state index contributed by atoms with van der Waals surface area (Å²) in [7, 11) is 0. The second-order valence-corrected chi connectivity index (χ2v) is 11.0. The first kappa shape index (κ1) is 26.5. The van der Waals surface area contributed by atoms with Gasteiger partial charge in [-0.05, 0) is 45.0 Å². The zero-order valence-corrected chi connectivity index (χ0v) is 22.6. The number of aliphatic hydroxyl groups is 1. The van der Waals surface area contributed by atoms with Gasteiger partial charge in [-0.25, -0.2) is 9.78 Å². The number of aliphatic hydroxyl groups excluding tert-OH is 1. The summed E-state index contributed by atoms with van der Waals surface area (Å²) in [5.41, 5.74) is 3.53. The van der Waals surface area contributed by atoms with Gasteiger partial charge in [-0.3, -0.25) is 9.69 Å². The fourth-order valence-electron chi connectivity index (χ4n) is 4.82. The summed E-state index contributed by atoms with van der Waals surface area (Å²) in [6.45, 7) is 8.66. The summed E-state index contributed by atoms with van der Waals surface area (Å²) in [6.07, 6.45) is 3.64. The summed E-state index contributed by atoms with van der Waals surface area (Å²) in [6, 6.07) is 15.3. The molecule has 9 nitrogen and oxygen atoms in total. The first-order chi connectivity index (χ1) is 18.7. The molecule has 1 aromatic heterocycles. The van der Waals surface area contributed by atoms with E-state index in [1.807, 2.05) is 81.5 Å². The molecule has 3 aromatic rings. The van der Waals surface area contributed by atoms with E-state index in [2.05, 4.69) is 20.2 Å². The number of ether oxygens (including phenoxy) is 1. The molecule has 1 saturated heterocycles. The lowest BCUT2D eigenvalue weighted by Gasteiger charge is -2.36. The number of para-hydroxylation sites is 3. The van der Waals surface area contributed by atoms with Gasteiger partial charge in [-0.15, -0.1) is 0 Å². The number of amides is 2. The molecule has 1 atom stereocenters. The Hall–Kier alpha value is -4.11. The van der Waals surface area contributed by atoms with Gasteiger partial charge < -0.3 is 25.0 Å². The van der Waals surface area contributed by atoms with Crippen LogP contribution >= 0.6 is 0 Å². The van der Waals surface area contributed by atoms with Gasteiger partial charge in [0.25, 0.3) is 0 Å². The van der Waals surface area contributed by atoms with Crippen molar-refractivity contribution >= 4 is 28.7 Å². The zero-order chi connectivity index (χ0) is 27.6. The topological polar surface area (TPSA) is 111 Å². The number of aromatic nitrogens is 2. The molecular formula is C30H35N5O4. The summed E-state index contributed by atoms with van der Waals surface area (Å²) in [5, 5.41) is 13.8. The predicted octanol–water partition coefficient (Wildman–Crippen LogP) is 5.11. The zero-order valence-electron chi connectivity index (χ0n) is 22.6. The maximum atomic E-state index is 13.2. The number of anilines is 1. The number of fused-ring (bicyclic) bond motifs is 1. The monoisotopic (exact) mass is 529 g/mol. The number of H-pyrrole nitrogens is 1. The third-order valence-corrected chi connectivity index (χ3v) is 6.90. The van der Waals surface area contributed by atoms with Crippen LogP contribution in [-0.2, 0) is 9.53 Å². The van der Waals surface area contributed by atoms with Gasteiger partial charge in [-0.2, -0.15) is 0 Å². The van der Waals surface area contributed by atoms with Crippen molar-refractivity contribution < 1.29 is 19.4 Å². The molecule has 3 N–H and O–H groups in total. The van der Waals surface area contributed by atoms with Gasteiger partial charge in [-0.1, -0.05) is 36.4 Å². The Balaban J connectivity index is 1.18. The van der Waals surface area contributed by atoms with E-state index in [4.69, 9.17) is 4.74 Å². The normalized spacial score (nSPS) is 18.4. The van der Waals surface area contributed by atoms with Crippen LogP contribution in [0.4, 0.5) is 10.5 Å². The fraction of sp³-hybridized carbons (Fsp3) is 0.367. The van der Waals surface area contributed by atoms with Gasteiger partial charge in [0.05, 0.1) is 28.4 Å². The van der Waals surface area contributed by atoms with Gasteiger partial charge in [0.15, 0.2) is 0 Å². The highest BCUT2D eigenvalue weighted by atomic mass is 16.6. The Morgan fingerprint density at radius 1 is 1.08 bits per heavy atom. The average Bonchev–Trinajstić information content (AvgIpc) is 3.34. The molecule has 204 valence electrons. The molecule has 2 aliphatic rings. The highest BCUT2D eigenvalue weighted by Gasteiger charge is 2.28. The molecule has 0 saturated carbocycles. The smallest absolute Gasteiger partial charge is 0.410 e. The molecule has 9 heteroatoms. The van der Waals surface area contributed by atoms with Gasteiger partial charge in [0, 0.05) is 50.3 Å². The number of carbonyl (C=O) groups is 2. The number of hydrogen-bond donors (Lipinski definition) is 3. The third kappa shape index (κ3) is 6.31. The van der Waals surface area contributed by atoms with Crippen molar-refractivity contribution in [3.05, 3.63) is 72.0 Å². The van der Waals surface area contributed by atoms with Crippen molar-refractivity contribution in [1.82, 2.24) is 19.8 Å². The molecule has 1 fully saturated rings. The van der Waals surface area contributed by atoms with Crippen LogP contribution in [0.2, 0.25) is 0 Å². The van der Waals surface area contributed by atoms with Crippen molar-refractivity contribution in [3.8, 4) is 11.4 Å². The van der Waals surface area contributed by atoms with E-state index in [-0.39, 0.29) is 24.2 Å². The third-order valence-electron chi connectivity index (χ3n) is 6.90. The van der Waals surface area contributed by atoms with Crippen LogP contribution < -0.4 is 5.32 Å². The molecule has 2 heterocycles. The second-order valence-electron chi connectivity index (χ2n) is 11.0. The molecular weight excluding hydrogens is 494 g/mol. The SMILES string of the molecule is CC(C)(C)OC(=O)N1CCN(CC2=C(O)CC(C(=O)Nc3ccccc3-c3nc4ccccc4[nH]3)C=C2)CC1. The average molecular weight is 530 g/mol. The van der Waals surface area contributed by atoms with Crippen LogP contribution in [0.15, 0.2) is 72.0 Å². The van der Waals surface area contributed by atoms with E-state index in [1.165, 1.54) is 0 Å². The quantitative estimate of drug-likeness (QED) is 0.424. The van der Waals surface area contributed by atoms with Crippen LogP contribution in [0.5, 0.6) is 0 Å². The van der Waals surface area contributed by atoms with Crippen LogP contribution in [0.25, 0.3) is 22.4 Å². The highest BCUT2D eigenvalue weighted by Crippen LogP contribution is 2.30. The Kier molecular flexibility index (Phi) is 7.43. The van der Waals surface area contributed by atoms with E-state index in [0.717, 1.165) is 22.2 Å². The molecule has 1 aliphatic carbocycles. The van der Waals surface area contributed by atoms with E-state index >= 15 is 0 Å². The van der Waals surface area contributed by atoms with Crippen molar-refractivity contribution in [2.75, 3.05) is 38.0 Å². The summed E-state index contributed by atoms with van der Waals surface area (Å²) in [5.74, 6) is 0.230. The standard InChI is InChI=1S/C30H35N5O4/c1-30(2,3)39-29(38)35-16-14-34(15-17-35)19-21-13-12-20(18-26(21)36)28(37)33-23-9-5-4-8-22(23)27-31-24-10-6-7-11-25(24)32-27/h4-13,20,36H,14-19H2,1-3H3,(H,31,32)(H,33,37). The Labute approximate surface area is 228 Å². The maximum Gasteiger partial charge on any atom is 0.410 e. The Morgan fingerprint density at radius 2 is 1.79 bits per heavy atom. The minimum absolute atomic E-state index is 0.189. The summed E-state index contributed by atoms with van der Waals surface area (Å²) in [4.78, 5) is 37.4. The number of allylic oxidation sites excluding steroid dienone is 1. The van der Waals surface area contributed by atoms with Gasteiger partial charge in [0.2, 0.25) is 5.91 Å². The number of hydrogen-bond acceptors (Lipinski definition) is 6. The second kappa shape index (κ2) is 10.9. The lowest BCUT2D eigenvalue weighted by Crippen LogP contribution is -2.50. The molecule has 2 amide bonds. The maximum absolute atomic E-state index is 13.2. The van der Waals surface area contributed by atoms with E-state index in [0.29, 0.717) is 44.2 Å². The number of nitrogens with zero attached hydrogens (tertiary/aromatic N) is 3. The van der Waals surface area contributed by atoms with E-state index in [9.17, 15) is 14.7 Å². The van der Waals surface area contributed by atoms with Gasteiger partial charge in [0.1, 0.15) is 11.4 Å². The number of nitrogens with one attached hydrogen (secondary N) is 2. The predicted molar refractivity (Wildman–Crippen MR) is 151 cm³/mol. The number of rotatable bonds is 5. The first-order valence-electron chi connectivity index (χ1n) is 13.3. The number of aromatic amines is 1. The molecule has 1 aliphatic heterocycles. The molecule has 0 radical (unpaired) electrons. The van der Waals surface area contributed by atoms with Crippen LogP contribution in [-0.4, -0.2) is 75.2 Å². The van der Waals surface area contributed by atoms with E-state index < -0.39 is 11.5 Å². The minimum atomic E-state index is -0.518. The molecule has 39 heavy (non-hydrogen) atoms. The number of piperazine rings is 1. The van der Waals surface area contributed by atoms with Crippen molar-refractivity contribution in [1.29, 1.82) is 0 Å². The molecule has 0 spiro atoms. The number of benzene rings is 2. The largest absolute Gasteiger partial charge is 0.512 e. The van der Waals surface area contributed by atoms with Crippen LogP contribution in [0, 0.1) is 5.92 Å². The Morgan fingerprint density at radius 3 is 2.51 bits per heavy atom. The van der Waals surface area contributed by atoms with Crippen molar-refractivity contribution in [3.63, 3.8) is 0 Å². The Bertz CT molecular complexity index is 1390. The number of imidazole rings is 1. The first-order valence-corrected chi connectivity index (χ1v) is 13.3. The molecule has 1 unspecified atom stereocenters.